The van der Waals surface area contributed by atoms with Crippen LogP contribution < -0.4 is 0 Å². The fourth-order valence-corrected chi connectivity index (χ4v) is 0.312. The Bertz CT molecular complexity index is 1740. The quantitative estimate of drug-likeness (QED) is 0.281. The second-order valence-electron chi connectivity index (χ2n) is 8.15. The lowest BCUT2D eigenvalue weighted by molar-refractivity contribution is 0.338. The van der Waals surface area contributed by atoms with Gasteiger partial charge in [0.25, 0.3) is 0 Å². The summed E-state index contributed by atoms with van der Waals surface area (Å²) in [6.45, 7) is -16.4. The van der Waals surface area contributed by atoms with Crippen molar-refractivity contribution in [2.45, 2.75) is 203 Å². The molecule has 0 aliphatic carbocycles. The van der Waals surface area contributed by atoms with Crippen molar-refractivity contribution in [3.63, 3.8) is 0 Å². The highest BCUT2D eigenvalue weighted by molar-refractivity contribution is 4.61. The van der Waals surface area contributed by atoms with Crippen LogP contribution in [0.15, 0.2) is 0 Å². The van der Waals surface area contributed by atoms with Gasteiger partial charge in [-0.1, -0.05) is 203 Å². The van der Waals surface area contributed by atoms with Crippen LogP contribution in [0, 0.1) is 40.3 Å². The third-order valence-corrected chi connectivity index (χ3v) is 3.24. The highest BCUT2D eigenvalue weighted by atomic mass is 14.2. The van der Waals surface area contributed by atoms with Crippen molar-refractivity contribution in [2.24, 2.45) is 40.3 Å². The number of hydrogen-bond acceptors (Lipinski definition) is 0. The Hall–Kier alpha value is 0. The van der Waals surface area contributed by atoms with Crippen LogP contribution in [0.2, 0.25) is 0 Å². The summed E-state index contributed by atoms with van der Waals surface area (Å²) >= 11 is 0. The van der Waals surface area contributed by atoms with E-state index in [1.54, 1.807) is 0 Å². The average molecular weight is 580 g/mol. The molecule has 0 heterocycles. The topological polar surface area (TPSA) is 0 Å². The summed E-state index contributed by atoms with van der Waals surface area (Å²) in [5, 5.41) is 0. The van der Waals surface area contributed by atoms with Crippen molar-refractivity contribution in [1.82, 2.24) is 0 Å². The lowest BCUT2D eigenvalue weighted by Gasteiger charge is -2.18. The van der Waals surface area contributed by atoms with E-state index >= 15 is 0 Å². The van der Waals surface area contributed by atoms with Gasteiger partial charge in [0, 0.05) is 64.4 Å². The minimum absolute atomic E-state index is 0.167. The van der Waals surface area contributed by atoms with Crippen LogP contribution in [0.3, 0.4) is 0 Å². The van der Waals surface area contributed by atoms with Crippen LogP contribution in [-0.4, -0.2) is 0 Å². The van der Waals surface area contributed by atoms with Gasteiger partial charge in [0.2, 0.25) is 0 Å². The summed E-state index contributed by atoms with van der Waals surface area (Å²) in [6.07, 6.45) is -13.9. The van der Waals surface area contributed by atoms with E-state index in [4.69, 9.17) is 64.4 Å². The maximum Gasteiger partial charge on any atom is 0.0300 e. The van der Waals surface area contributed by atoms with Gasteiger partial charge in [-0.05, 0) is 40.3 Å². The zero-order chi connectivity index (χ0) is 72.0. The van der Waals surface area contributed by atoms with Crippen LogP contribution in [0.5, 0.6) is 0 Å². The maximum absolute atomic E-state index is 7.58. The summed E-state index contributed by atoms with van der Waals surface area (Å²) in [5.74, 6) is -5.27. The molecule has 0 spiro atoms. The number of hydrogen-bond donors (Lipinski definition) is 0. The molecule has 0 fully saturated rings. The van der Waals surface area contributed by atoms with Crippen molar-refractivity contribution in [3.8, 4) is 0 Å². The average Bonchev–Trinajstić information content (AvgIpc) is 3.16. The molecule has 0 saturated heterocycles. The first kappa shape index (κ1) is 8.09. The lowest BCUT2D eigenvalue weighted by Crippen LogP contribution is -2.05. The molecule has 0 amide bonds. The Labute approximate surface area is 310 Å². The summed E-state index contributed by atoms with van der Waals surface area (Å²) in [5.41, 5.74) is -5.95. The molecule has 0 N–H and O–H groups in total. The highest BCUT2D eigenvalue weighted by Gasteiger charge is 2.09. The number of rotatable bonds is 7. The van der Waals surface area contributed by atoms with E-state index in [1.165, 1.54) is 0 Å². The molecule has 0 nitrogen and oxygen atoms in total. The molecule has 0 aromatic heterocycles. The first-order chi connectivity index (χ1) is 34.8. The molecule has 0 radical (unpaired) electrons. The standard InChI is InChI=1S/C7H16.3C6H14.C5H12.C4H10.C3H8/c1-5-7(3,4)6-2;1-5(2)6(3)4;2*1-4-6(3)5-2;1-5(2,3)4;1-4(2)3;1-3-2/h5-6H2,1-4H3;5-6H,1-4H3;2*6H,4-5H2,1-3H3;1-4H3;4H,1-3H3;3H2,1-2H3/i1D3,2D3,3D3,5D2,6D2;5D;1D3,2D3,4D2,5D2,6D;6D;1D3,2D3,3D3;1D3,2D3,4D;1D3,3D2. The van der Waals surface area contributed by atoms with E-state index in [1.807, 2.05) is 20.8 Å². The molecule has 0 aliphatic heterocycles. The third kappa shape index (κ3) is 128. The molecule has 0 atom stereocenters. The largest absolute Gasteiger partial charge is 0.0656 e. The van der Waals surface area contributed by atoms with Crippen molar-refractivity contribution >= 4 is 0 Å². The maximum atomic E-state index is 7.58. The van der Waals surface area contributed by atoms with E-state index in [-0.39, 0.29) is 11.8 Å². The zero-order valence-electron chi connectivity index (χ0n) is 72.0. The molecule has 0 saturated carbocycles. The van der Waals surface area contributed by atoms with Crippen molar-refractivity contribution < 1.29 is 64.4 Å². The molecule has 0 unspecified atom stereocenters. The van der Waals surface area contributed by atoms with E-state index < -0.39 is 130 Å². The predicted octanol–water partition coefficient (Wildman–Crippen LogP) is 15.1. The molecule has 0 aliphatic rings. The highest BCUT2D eigenvalue weighted by Crippen LogP contribution is 2.22. The van der Waals surface area contributed by atoms with E-state index in [9.17, 15) is 0 Å². The first-order valence-electron chi connectivity index (χ1n) is 34.8. The minimum atomic E-state index is -3.58. The molecule has 0 aromatic carbocycles. The van der Waals surface area contributed by atoms with Gasteiger partial charge in [0.05, 0.1) is 0 Å². The van der Waals surface area contributed by atoms with Gasteiger partial charge in [-0.25, -0.2) is 0 Å². The second kappa shape index (κ2) is 38.1. The van der Waals surface area contributed by atoms with Gasteiger partial charge in [0.15, 0.2) is 0 Å². The second-order valence-corrected chi connectivity index (χ2v) is 8.15. The van der Waals surface area contributed by atoms with Gasteiger partial charge in [-0.2, -0.15) is 0 Å². The van der Waals surface area contributed by atoms with Crippen LogP contribution >= 0.6 is 0 Å². The lowest BCUT2D eigenvalue weighted by atomic mass is 9.88. The van der Waals surface area contributed by atoms with Gasteiger partial charge >= 0.3 is 0 Å². The van der Waals surface area contributed by atoms with Crippen LogP contribution in [0.1, 0.15) is 268 Å². The minimum Gasteiger partial charge on any atom is -0.0656 e. The molecule has 0 aromatic rings. The third-order valence-electron chi connectivity index (χ3n) is 3.24. The monoisotopic (exact) mass is 580 g/mol. The Morgan fingerprint density at radius 1 is 0.649 bits per heavy atom. The fourth-order valence-electron chi connectivity index (χ4n) is 0.312. The molecule has 0 heteroatoms. The zero-order valence-corrected chi connectivity index (χ0v) is 25.0. The van der Waals surface area contributed by atoms with Crippen LogP contribution in [0.25, 0.3) is 0 Å². The van der Waals surface area contributed by atoms with Crippen molar-refractivity contribution in [2.75, 3.05) is 0 Å². The molecule has 0 bridgehead atoms. The molecule has 236 valence electrons. The smallest absolute Gasteiger partial charge is 0.0300 e. The Kier molecular flexibility index (Phi) is 8.34. The molecular formula is C37H88. The first-order valence-corrected chi connectivity index (χ1v) is 11.3. The van der Waals surface area contributed by atoms with Crippen molar-refractivity contribution in [3.05, 3.63) is 0 Å². The SMILES string of the molecule is [2H]C(C)(C)C(C)C.[2H]C(C)(CC)CC.[2H]C([2H])([2H])C(C)(C([2H])([2H])[2H])C([2H])([2H])[2H].[2H]C([2H])([2H])C([2H])(C)C([2H])([2H])[2H].[2H]C([2H])([2H])C([2H])([2H])C.[2H]C([2H])([2H])C([2H])([2H])C(C)(C([2H])([2H])[2H])C([2H])([2H])C([2H])([2H])[2H].[2H]C([2H])([2H])C([2H])([2H])C([2H])(C)C([2H])([2H])C([2H])([2H])[2H]. The van der Waals surface area contributed by atoms with E-state index in [2.05, 4.69) is 27.7 Å². The Morgan fingerprint density at radius 3 is 1.16 bits per heavy atom. The van der Waals surface area contributed by atoms with Gasteiger partial charge in [-0.15, -0.1) is 0 Å². The van der Waals surface area contributed by atoms with Gasteiger partial charge < -0.3 is 0 Å². The van der Waals surface area contributed by atoms with E-state index in [0.717, 1.165) is 33.6 Å². The Balaban J connectivity index is -0.000000170. The Morgan fingerprint density at radius 2 is 1.05 bits per heavy atom. The van der Waals surface area contributed by atoms with Gasteiger partial charge in [0.1, 0.15) is 0 Å². The summed E-state index contributed by atoms with van der Waals surface area (Å²) in [6, 6.07) is 0. The molecular weight excluding hydrogens is 444 g/mol. The van der Waals surface area contributed by atoms with E-state index in [0.29, 0.717) is 19.8 Å². The summed E-state index contributed by atoms with van der Waals surface area (Å²) < 4.78 is 332. The summed E-state index contributed by atoms with van der Waals surface area (Å²) in [7, 11) is 0. The molecule has 37 heavy (non-hydrogen) atoms. The fraction of sp³-hybridized carbons (Fsp3) is 1.00. The van der Waals surface area contributed by atoms with Crippen LogP contribution in [-0.2, 0) is 0 Å². The normalized spacial score (nSPS) is 36.0. The van der Waals surface area contributed by atoms with Crippen LogP contribution in [0.4, 0.5) is 0 Å². The van der Waals surface area contributed by atoms with Crippen molar-refractivity contribution in [1.29, 1.82) is 0 Å². The van der Waals surface area contributed by atoms with Gasteiger partial charge in [-0.3, -0.25) is 0 Å². The molecule has 0 rings (SSSR count). The predicted molar refractivity (Wildman–Crippen MR) is 185 cm³/mol. The summed E-state index contributed by atoms with van der Waals surface area (Å²) in [4.78, 5) is 0.